The second-order valence-corrected chi connectivity index (χ2v) is 7.40. The SMILES string of the molecule is O=Cc1ccc(-n2ccnc2)cc1.O=Cc1ccc(N(c2ccccc2)c2ccccc2)cc1. The maximum atomic E-state index is 10.8. The predicted molar refractivity (Wildman–Crippen MR) is 135 cm³/mol. The molecule has 0 bridgehead atoms. The first-order chi connectivity index (χ1) is 16.8. The number of aromatic nitrogens is 2. The van der Waals surface area contributed by atoms with Crippen LogP contribution in [0.1, 0.15) is 20.7 Å². The summed E-state index contributed by atoms with van der Waals surface area (Å²) in [5.41, 5.74) is 5.56. The van der Waals surface area contributed by atoms with Gasteiger partial charge in [-0.15, -0.1) is 0 Å². The van der Waals surface area contributed by atoms with Gasteiger partial charge in [-0.25, -0.2) is 4.98 Å². The molecular formula is C29H23N3O2. The van der Waals surface area contributed by atoms with Gasteiger partial charge in [0.2, 0.25) is 0 Å². The molecule has 0 spiro atoms. The summed E-state index contributed by atoms with van der Waals surface area (Å²) in [6.45, 7) is 0. The summed E-state index contributed by atoms with van der Waals surface area (Å²) in [5.74, 6) is 0. The van der Waals surface area contributed by atoms with Crippen molar-refractivity contribution in [2.45, 2.75) is 0 Å². The number of nitrogens with zero attached hydrogens (tertiary/aromatic N) is 3. The van der Waals surface area contributed by atoms with Crippen molar-refractivity contribution in [2.24, 2.45) is 0 Å². The van der Waals surface area contributed by atoms with E-state index in [9.17, 15) is 9.59 Å². The minimum Gasteiger partial charge on any atom is -0.311 e. The van der Waals surface area contributed by atoms with Crippen LogP contribution in [0.15, 0.2) is 128 Å². The molecule has 0 saturated heterocycles. The first-order valence-electron chi connectivity index (χ1n) is 10.8. The van der Waals surface area contributed by atoms with Crippen LogP contribution in [0.25, 0.3) is 5.69 Å². The predicted octanol–water partition coefficient (Wildman–Crippen LogP) is 6.65. The molecule has 0 fully saturated rings. The number of rotatable bonds is 6. The van der Waals surface area contributed by atoms with Gasteiger partial charge in [-0.2, -0.15) is 0 Å². The third-order valence-electron chi connectivity index (χ3n) is 5.15. The van der Waals surface area contributed by atoms with E-state index in [2.05, 4.69) is 34.1 Å². The zero-order valence-corrected chi connectivity index (χ0v) is 18.4. The Morgan fingerprint density at radius 2 is 1.06 bits per heavy atom. The van der Waals surface area contributed by atoms with E-state index in [0.29, 0.717) is 11.1 Å². The van der Waals surface area contributed by atoms with Gasteiger partial charge in [0.25, 0.3) is 0 Å². The fourth-order valence-electron chi connectivity index (χ4n) is 3.44. The van der Waals surface area contributed by atoms with Crippen molar-refractivity contribution in [3.63, 3.8) is 0 Å². The average Bonchev–Trinajstić information content (AvgIpc) is 3.46. The van der Waals surface area contributed by atoms with Gasteiger partial charge in [-0.1, -0.05) is 36.4 Å². The molecular weight excluding hydrogens is 422 g/mol. The highest BCUT2D eigenvalue weighted by Crippen LogP contribution is 2.33. The van der Waals surface area contributed by atoms with Gasteiger partial charge in [0, 0.05) is 46.3 Å². The molecule has 0 aliphatic carbocycles. The van der Waals surface area contributed by atoms with Gasteiger partial charge in [0.05, 0.1) is 6.33 Å². The first kappa shape index (κ1) is 22.4. The summed E-state index contributed by atoms with van der Waals surface area (Å²) in [7, 11) is 0. The quantitative estimate of drug-likeness (QED) is 0.275. The zero-order chi connectivity index (χ0) is 23.6. The molecule has 5 rings (SSSR count). The summed E-state index contributed by atoms with van der Waals surface area (Å²) in [6.07, 6.45) is 6.98. The Morgan fingerprint density at radius 1 is 0.588 bits per heavy atom. The normalized spacial score (nSPS) is 10.0. The van der Waals surface area contributed by atoms with Crippen LogP contribution in [-0.2, 0) is 0 Å². The molecule has 5 nitrogen and oxygen atoms in total. The number of benzene rings is 4. The van der Waals surface area contributed by atoms with Gasteiger partial charge in [-0.3, -0.25) is 9.59 Å². The van der Waals surface area contributed by atoms with Gasteiger partial charge < -0.3 is 9.47 Å². The molecule has 0 aliphatic rings. The number of carbonyl (C=O) groups is 2. The standard InChI is InChI=1S/C19H15NO.C10H8N2O/c21-15-16-11-13-19(14-12-16)20(17-7-3-1-4-8-17)18-9-5-2-6-10-18;13-7-9-1-3-10(4-2-9)12-6-5-11-8-12/h1-15H;1-8H. The molecule has 166 valence electrons. The Hall–Kier alpha value is -4.77. The molecule has 0 amide bonds. The van der Waals surface area contributed by atoms with Gasteiger partial charge in [0.15, 0.2) is 0 Å². The minimum absolute atomic E-state index is 0.680. The van der Waals surface area contributed by atoms with Gasteiger partial charge in [-0.05, 0) is 72.8 Å². The number of hydrogen-bond acceptors (Lipinski definition) is 4. The summed E-state index contributed by atoms with van der Waals surface area (Å²) in [5, 5.41) is 0. The molecule has 0 aliphatic heterocycles. The molecule has 0 atom stereocenters. The molecule has 0 radical (unpaired) electrons. The lowest BCUT2D eigenvalue weighted by molar-refractivity contribution is 0.111. The summed E-state index contributed by atoms with van der Waals surface area (Å²) in [4.78, 5) is 27.3. The molecule has 34 heavy (non-hydrogen) atoms. The molecule has 1 aromatic heterocycles. The van der Waals surface area contributed by atoms with Crippen LogP contribution in [0.5, 0.6) is 0 Å². The van der Waals surface area contributed by atoms with Crippen molar-refractivity contribution in [1.82, 2.24) is 9.55 Å². The number of aldehydes is 2. The molecule has 0 saturated carbocycles. The Bertz CT molecular complexity index is 1260. The molecule has 5 heteroatoms. The maximum absolute atomic E-state index is 10.8. The van der Waals surface area contributed by atoms with Crippen LogP contribution < -0.4 is 4.90 Å². The van der Waals surface area contributed by atoms with Crippen molar-refractivity contribution in [3.8, 4) is 5.69 Å². The highest BCUT2D eigenvalue weighted by atomic mass is 16.1. The number of carbonyl (C=O) groups excluding carboxylic acids is 2. The zero-order valence-electron chi connectivity index (χ0n) is 18.4. The van der Waals surface area contributed by atoms with E-state index in [4.69, 9.17) is 0 Å². The lowest BCUT2D eigenvalue weighted by Crippen LogP contribution is -2.09. The van der Waals surface area contributed by atoms with Crippen molar-refractivity contribution < 1.29 is 9.59 Å². The largest absolute Gasteiger partial charge is 0.311 e. The van der Waals surface area contributed by atoms with Crippen LogP contribution in [0.3, 0.4) is 0 Å². The van der Waals surface area contributed by atoms with E-state index in [0.717, 1.165) is 35.3 Å². The third kappa shape index (κ3) is 5.53. The Labute approximate surface area is 198 Å². The molecule has 1 heterocycles. The van der Waals surface area contributed by atoms with Crippen LogP contribution in [0.4, 0.5) is 17.1 Å². The third-order valence-corrected chi connectivity index (χ3v) is 5.15. The lowest BCUT2D eigenvalue weighted by atomic mass is 10.1. The van der Waals surface area contributed by atoms with E-state index in [-0.39, 0.29) is 0 Å². The smallest absolute Gasteiger partial charge is 0.150 e. The molecule has 4 aromatic carbocycles. The van der Waals surface area contributed by atoms with E-state index in [1.165, 1.54) is 0 Å². The monoisotopic (exact) mass is 445 g/mol. The Balaban J connectivity index is 0.000000180. The van der Waals surface area contributed by atoms with E-state index in [1.54, 1.807) is 24.7 Å². The summed E-state index contributed by atoms with van der Waals surface area (Å²) in [6, 6.07) is 35.3. The van der Waals surface area contributed by atoms with E-state index in [1.807, 2.05) is 83.6 Å². The molecule has 5 aromatic rings. The van der Waals surface area contributed by atoms with Crippen LogP contribution >= 0.6 is 0 Å². The molecule has 0 N–H and O–H groups in total. The van der Waals surface area contributed by atoms with Crippen LogP contribution in [0.2, 0.25) is 0 Å². The van der Waals surface area contributed by atoms with Crippen LogP contribution in [0, 0.1) is 0 Å². The van der Waals surface area contributed by atoms with Crippen molar-refractivity contribution in [1.29, 1.82) is 0 Å². The highest BCUT2D eigenvalue weighted by Gasteiger charge is 2.11. The van der Waals surface area contributed by atoms with E-state index >= 15 is 0 Å². The van der Waals surface area contributed by atoms with Gasteiger partial charge in [0.1, 0.15) is 12.6 Å². The number of anilines is 3. The second-order valence-electron chi connectivity index (χ2n) is 7.40. The fourth-order valence-corrected chi connectivity index (χ4v) is 3.44. The number of imidazole rings is 1. The summed E-state index contributed by atoms with van der Waals surface area (Å²) >= 11 is 0. The fraction of sp³-hybridized carbons (Fsp3) is 0. The number of hydrogen-bond donors (Lipinski definition) is 0. The van der Waals surface area contributed by atoms with Crippen LogP contribution in [-0.4, -0.2) is 22.1 Å². The number of para-hydroxylation sites is 2. The topological polar surface area (TPSA) is 55.2 Å². The Morgan fingerprint density at radius 3 is 1.50 bits per heavy atom. The average molecular weight is 446 g/mol. The Kier molecular flexibility index (Phi) is 7.39. The van der Waals surface area contributed by atoms with Gasteiger partial charge >= 0.3 is 0 Å². The van der Waals surface area contributed by atoms with Crippen molar-refractivity contribution in [3.05, 3.63) is 139 Å². The van der Waals surface area contributed by atoms with E-state index < -0.39 is 0 Å². The maximum Gasteiger partial charge on any atom is 0.150 e. The highest BCUT2D eigenvalue weighted by molar-refractivity contribution is 5.80. The molecule has 0 unspecified atom stereocenters. The summed E-state index contributed by atoms with van der Waals surface area (Å²) < 4.78 is 1.88. The van der Waals surface area contributed by atoms with Crippen molar-refractivity contribution in [2.75, 3.05) is 4.90 Å². The lowest BCUT2D eigenvalue weighted by Gasteiger charge is -2.25. The first-order valence-corrected chi connectivity index (χ1v) is 10.8. The van der Waals surface area contributed by atoms with Crippen molar-refractivity contribution >= 4 is 29.6 Å². The second kappa shape index (κ2) is 11.2. The minimum atomic E-state index is 0.680.